The molecule has 3 N–H and O–H groups in total. The van der Waals surface area contributed by atoms with E-state index >= 15 is 0 Å². The van der Waals surface area contributed by atoms with E-state index in [9.17, 15) is 4.79 Å². The van der Waals surface area contributed by atoms with Gasteiger partial charge in [-0.3, -0.25) is 4.79 Å². The Morgan fingerprint density at radius 2 is 2.35 bits per heavy atom. The highest BCUT2D eigenvalue weighted by Gasteiger charge is 2.15. The zero-order chi connectivity index (χ0) is 14.5. The number of carbonyl (C=O) groups is 1. The third-order valence-corrected chi connectivity index (χ3v) is 4.69. The molecule has 20 heavy (non-hydrogen) atoms. The van der Waals surface area contributed by atoms with Gasteiger partial charge >= 0.3 is 0 Å². The van der Waals surface area contributed by atoms with Gasteiger partial charge in [-0.15, -0.1) is 22.7 Å². The molecule has 0 saturated carbocycles. The second kappa shape index (κ2) is 6.94. The van der Waals surface area contributed by atoms with Crippen molar-refractivity contribution in [2.24, 2.45) is 5.73 Å². The van der Waals surface area contributed by atoms with Crippen LogP contribution in [0.2, 0.25) is 0 Å². The second-order valence-corrected chi connectivity index (χ2v) is 6.23. The van der Waals surface area contributed by atoms with Crippen molar-refractivity contribution in [1.29, 1.82) is 0 Å². The van der Waals surface area contributed by atoms with Crippen LogP contribution in [-0.4, -0.2) is 30.6 Å². The number of nitrogens with one attached hydrogen (secondary N) is 1. The molecule has 7 heteroatoms. The Bertz CT molecular complexity index is 580. The van der Waals surface area contributed by atoms with E-state index in [4.69, 9.17) is 10.5 Å². The van der Waals surface area contributed by atoms with Gasteiger partial charge in [-0.05, 0) is 18.6 Å². The second-order valence-electron chi connectivity index (χ2n) is 4.21. The largest absolute Gasteiger partial charge is 0.383 e. The number of rotatable bonds is 6. The van der Waals surface area contributed by atoms with Crippen LogP contribution in [0.5, 0.6) is 0 Å². The monoisotopic (exact) mass is 311 g/mol. The summed E-state index contributed by atoms with van der Waals surface area (Å²) in [5.41, 5.74) is 6.54. The maximum Gasteiger partial charge on any atom is 0.245 e. The van der Waals surface area contributed by atoms with Gasteiger partial charge in [-0.2, -0.15) is 0 Å². The van der Waals surface area contributed by atoms with E-state index in [1.54, 1.807) is 11.3 Å². The first-order chi connectivity index (χ1) is 9.63. The fraction of sp³-hybridized carbons (Fsp3) is 0.385. The molecule has 1 atom stereocenters. The summed E-state index contributed by atoms with van der Waals surface area (Å²) in [6.45, 7) is 2.31. The van der Waals surface area contributed by atoms with Gasteiger partial charge in [-0.25, -0.2) is 4.98 Å². The fourth-order valence-corrected chi connectivity index (χ4v) is 3.30. The molecule has 0 saturated heterocycles. The molecule has 0 aliphatic rings. The Morgan fingerprint density at radius 1 is 1.55 bits per heavy atom. The Kier molecular flexibility index (Phi) is 5.24. The van der Waals surface area contributed by atoms with Crippen molar-refractivity contribution in [2.75, 3.05) is 19.0 Å². The Hall–Kier alpha value is -1.28. The molecule has 5 nitrogen and oxygen atoms in total. The minimum Gasteiger partial charge on any atom is -0.383 e. The quantitative estimate of drug-likeness (QED) is 0.858. The molecule has 2 aromatic rings. The Labute approximate surface area is 125 Å². The van der Waals surface area contributed by atoms with E-state index in [1.165, 1.54) is 23.3 Å². The molecule has 0 fully saturated rings. The molecule has 2 rings (SSSR count). The number of thiophene rings is 1. The van der Waals surface area contributed by atoms with Crippen molar-refractivity contribution >= 4 is 33.7 Å². The van der Waals surface area contributed by atoms with Crippen LogP contribution in [0, 0.1) is 0 Å². The molecular formula is C13H17N3O2S2. The van der Waals surface area contributed by atoms with Crippen molar-refractivity contribution in [1.82, 2.24) is 4.98 Å². The SMILES string of the molecule is CCc1ccc(-c2csc(NC(=O)C(N)COC)n2)s1. The lowest BCUT2D eigenvalue weighted by Gasteiger charge is -2.08. The van der Waals surface area contributed by atoms with Crippen molar-refractivity contribution in [3.8, 4) is 10.6 Å². The lowest BCUT2D eigenvalue weighted by Crippen LogP contribution is -2.39. The molecule has 1 amide bonds. The van der Waals surface area contributed by atoms with Crippen LogP contribution in [0.25, 0.3) is 10.6 Å². The number of carbonyl (C=O) groups excluding carboxylic acids is 1. The normalized spacial score (nSPS) is 12.3. The molecule has 2 aromatic heterocycles. The molecule has 0 spiro atoms. The van der Waals surface area contributed by atoms with Gasteiger partial charge in [-0.1, -0.05) is 6.92 Å². The van der Waals surface area contributed by atoms with Gasteiger partial charge in [0.1, 0.15) is 6.04 Å². The zero-order valence-electron chi connectivity index (χ0n) is 11.4. The Balaban J connectivity index is 2.03. The van der Waals surface area contributed by atoms with Crippen LogP contribution in [0.3, 0.4) is 0 Å². The number of methoxy groups -OCH3 is 1. The first-order valence-corrected chi connectivity index (χ1v) is 7.93. The van der Waals surface area contributed by atoms with Crippen molar-refractivity contribution in [2.45, 2.75) is 19.4 Å². The van der Waals surface area contributed by atoms with E-state index in [0.29, 0.717) is 5.13 Å². The van der Waals surface area contributed by atoms with Gasteiger partial charge in [0.05, 0.1) is 17.2 Å². The smallest absolute Gasteiger partial charge is 0.245 e. The number of nitrogens with two attached hydrogens (primary N) is 1. The average Bonchev–Trinajstić information content (AvgIpc) is 3.07. The Morgan fingerprint density at radius 3 is 3.00 bits per heavy atom. The summed E-state index contributed by atoms with van der Waals surface area (Å²) in [7, 11) is 1.51. The minimum atomic E-state index is -0.680. The number of anilines is 1. The molecule has 1 unspecified atom stereocenters. The number of amides is 1. The third-order valence-electron chi connectivity index (χ3n) is 2.68. The number of nitrogens with zero attached hydrogens (tertiary/aromatic N) is 1. The summed E-state index contributed by atoms with van der Waals surface area (Å²) in [4.78, 5) is 18.6. The maximum absolute atomic E-state index is 11.8. The van der Waals surface area contributed by atoms with E-state index in [-0.39, 0.29) is 12.5 Å². The van der Waals surface area contributed by atoms with Gasteiger partial charge in [0.25, 0.3) is 0 Å². The topological polar surface area (TPSA) is 77.2 Å². The molecule has 0 bridgehead atoms. The van der Waals surface area contributed by atoms with E-state index < -0.39 is 6.04 Å². The highest BCUT2D eigenvalue weighted by atomic mass is 32.1. The third kappa shape index (κ3) is 3.63. The molecule has 0 aliphatic heterocycles. The number of aromatic nitrogens is 1. The number of thiazole rings is 1. The van der Waals surface area contributed by atoms with Gasteiger partial charge < -0.3 is 15.8 Å². The van der Waals surface area contributed by atoms with Gasteiger partial charge in [0.15, 0.2) is 5.13 Å². The van der Waals surface area contributed by atoms with E-state index in [2.05, 4.69) is 29.4 Å². The van der Waals surface area contributed by atoms with Gasteiger partial charge in [0, 0.05) is 17.4 Å². The summed E-state index contributed by atoms with van der Waals surface area (Å²) in [6.07, 6.45) is 1.02. The first kappa shape index (κ1) is 15.1. The molecular weight excluding hydrogens is 294 g/mol. The van der Waals surface area contributed by atoms with Crippen LogP contribution < -0.4 is 11.1 Å². The number of ether oxygens (including phenoxy) is 1. The van der Waals surface area contributed by atoms with E-state index in [1.807, 2.05) is 5.38 Å². The predicted octanol–water partition coefficient (Wildman–Crippen LogP) is 2.35. The van der Waals surface area contributed by atoms with Crippen molar-refractivity contribution < 1.29 is 9.53 Å². The van der Waals surface area contributed by atoms with Crippen LogP contribution in [0.4, 0.5) is 5.13 Å². The standard InChI is InChI=1S/C13H17N3O2S2/c1-3-8-4-5-11(20-8)10-7-19-13(15-10)16-12(17)9(14)6-18-2/h4-5,7,9H,3,6,14H2,1-2H3,(H,15,16,17). The van der Waals surface area contributed by atoms with Crippen molar-refractivity contribution in [3.63, 3.8) is 0 Å². The molecule has 0 aliphatic carbocycles. The summed E-state index contributed by atoms with van der Waals surface area (Å²) < 4.78 is 4.85. The van der Waals surface area contributed by atoms with Crippen LogP contribution in [-0.2, 0) is 16.0 Å². The average molecular weight is 311 g/mol. The lowest BCUT2D eigenvalue weighted by molar-refractivity contribution is -0.118. The summed E-state index contributed by atoms with van der Waals surface area (Å²) >= 11 is 3.11. The highest BCUT2D eigenvalue weighted by molar-refractivity contribution is 7.17. The first-order valence-electron chi connectivity index (χ1n) is 6.24. The summed E-state index contributed by atoms with van der Waals surface area (Å²) in [6, 6.07) is 3.48. The molecule has 108 valence electrons. The number of hydrogen-bond acceptors (Lipinski definition) is 6. The highest BCUT2D eigenvalue weighted by Crippen LogP contribution is 2.30. The molecule has 2 heterocycles. The van der Waals surface area contributed by atoms with Crippen molar-refractivity contribution in [3.05, 3.63) is 22.4 Å². The predicted molar refractivity (Wildman–Crippen MR) is 83.3 cm³/mol. The van der Waals surface area contributed by atoms with Gasteiger partial charge in [0.2, 0.25) is 5.91 Å². The zero-order valence-corrected chi connectivity index (χ0v) is 13.0. The number of aryl methyl sites for hydroxylation is 1. The number of hydrogen-bond donors (Lipinski definition) is 2. The minimum absolute atomic E-state index is 0.189. The summed E-state index contributed by atoms with van der Waals surface area (Å²) in [5.74, 6) is -0.284. The van der Waals surface area contributed by atoms with E-state index in [0.717, 1.165) is 17.0 Å². The van der Waals surface area contributed by atoms with Crippen LogP contribution in [0.15, 0.2) is 17.5 Å². The maximum atomic E-state index is 11.8. The van der Waals surface area contributed by atoms with Crippen LogP contribution >= 0.6 is 22.7 Å². The lowest BCUT2D eigenvalue weighted by atomic mass is 10.3. The molecule has 0 aromatic carbocycles. The summed E-state index contributed by atoms with van der Waals surface area (Å²) in [5, 5.41) is 5.20. The van der Waals surface area contributed by atoms with Crippen LogP contribution in [0.1, 0.15) is 11.8 Å². The molecule has 0 radical (unpaired) electrons. The fourth-order valence-electron chi connectivity index (χ4n) is 1.60.